The van der Waals surface area contributed by atoms with Crippen molar-refractivity contribution in [2.75, 3.05) is 12.0 Å². The summed E-state index contributed by atoms with van der Waals surface area (Å²) < 4.78 is 10.9. The number of amides is 1. The van der Waals surface area contributed by atoms with Crippen LogP contribution in [-0.4, -0.2) is 34.9 Å². The van der Waals surface area contributed by atoms with Crippen LogP contribution in [0.2, 0.25) is 0 Å². The van der Waals surface area contributed by atoms with Crippen LogP contribution >= 0.6 is 11.3 Å². The molecule has 0 spiro atoms. The summed E-state index contributed by atoms with van der Waals surface area (Å²) in [6, 6.07) is 14.1. The molecule has 170 valence electrons. The van der Waals surface area contributed by atoms with Crippen molar-refractivity contribution < 1.29 is 28.6 Å². The molecule has 5 rings (SSSR count). The molecule has 2 aromatic carbocycles. The smallest absolute Gasteiger partial charge is 0.337 e. The number of carbonyl (C=O) groups is 3. The van der Waals surface area contributed by atoms with E-state index in [4.69, 9.17) is 9.15 Å². The second-order valence-electron chi connectivity index (χ2n) is 7.73. The van der Waals surface area contributed by atoms with E-state index >= 15 is 0 Å². The predicted octanol–water partition coefficient (Wildman–Crippen LogP) is 4.77. The van der Waals surface area contributed by atoms with E-state index in [1.54, 1.807) is 18.2 Å². The van der Waals surface area contributed by atoms with Gasteiger partial charge in [-0.3, -0.25) is 14.5 Å². The minimum Gasteiger partial charge on any atom is -0.503 e. The first kappa shape index (κ1) is 21.6. The first-order chi connectivity index (χ1) is 16.4. The molecular weight excluding hydrogens is 456 g/mol. The largest absolute Gasteiger partial charge is 0.503 e. The average molecular weight is 474 g/mol. The highest BCUT2D eigenvalue weighted by molar-refractivity contribution is 7.22. The monoisotopic (exact) mass is 474 g/mol. The summed E-state index contributed by atoms with van der Waals surface area (Å²) in [5.74, 6) is -2.55. The van der Waals surface area contributed by atoms with Crippen LogP contribution in [0.1, 0.15) is 38.1 Å². The van der Waals surface area contributed by atoms with Crippen molar-refractivity contribution in [1.82, 2.24) is 4.98 Å². The van der Waals surface area contributed by atoms with Crippen molar-refractivity contribution >= 4 is 44.3 Å². The number of ketones is 1. The molecule has 2 aromatic heterocycles. The summed E-state index contributed by atoms with van der Waals surface area (Å²) in [5, 5.41) is 11.2. The zero-order valence-corrected chi connectivity index (χ0v) is 19.0. The standard InChI is InChI=1S/C25H18N2O6S/c1-13-5-10-16-18(12-13)34-25(26-16)27-20(14-6-8-15(9-7-14)24(31)32-2)19(22(29)23(27)30)21(28)17-4-3-11-33-17/h3-12,20,29H,1-2H3/t20-/m0/s1. The van der Waals surface area contributed by atoms with Crippen LogP contribution < -0.4 is 4.90 Å². The van der Waals surface area contributed by atoms with Gasteiger partial charge >= 0.3 is 5.97 Å². The third-order valence-corrected chi connectivity index (χ3v) is 6.60. The number of benzene rings is 2. The molecule has 0 radical (unpaired) electrons. The number of anilines is 1. The summed E-state index contributed by atoms with van der Waals surface area (Å²) in [6.45, 7) is 1.96. The van der Waals surface area contributed by atoms with Gasteiger partial charge < -0.3 is 14.3 Å². The van der Waals surface area contributed by atoms with E-state index in [-0.39, 0.29) is 11.3 Å². The summed E-state index contributed by atoms with van der Waals surface area (Å²) >= 11 is 1.28. The summed E-state index contributed by atoms with van der Waals surface area (Å²) in [6.07, 6.45) is 1.34. The Morgan fingerprint density at radius 1 is 1.15 bits per heavy atom. The number of nitrogens with zero attached hydrogens (tertiary/aromatic N) is 2. The number of fused-ring (bicyclic) bond motifs is 1. The van der Waals surface area contributed by atoms with Crippen LogP contribution in [0.5, 0.6) is 0 Å². The third-order valence-electron chi connectivity index (χ3n) is 5.58. The molecule has 1 aliphatic heterocycles. The van der Waals surface area contributed by atoms with Crippen molar-refractivity contribution in [3.8, 4) is 0 Å². The Bertz CT molecular complexity index is 1470. The number of aromatic nitrogens is 1. The van der Waals surface area contributed by atoms with Gasteiger partial charge in [-0.05, 0) is 54.4 Å². The molecule has 9 heteroatoms. The van der Waals surface area contributed by atoms with Crippen molar-refractivity contribution in [3.05, 3.63) is 94.6 Å². The molecule has 34 heavy (non-hydrogen) atoms. The van der Waals surface area contributed by atoms with E-state index in [1.165, 1.54) is 47.8 Å². The lowest BCUT2D eigenvalue weighted by molar-refractivity contribution is -0.117. The molecule has 0 saturated carbocycles. The van der Waals surface area contributed by atoms with Gasteiger partial charge in [-0.1, -0.05) is 29.5 Å². The molecule has 0 fully saturated rings. The van der Waals surface area contributed by atoms with Crippen LogP contribution in [0.25, 0.3) is 10.2 Å². The van der Waals surface area contributed by atoms with Gasteiger partial charge in [-0.25, -0.2) is 9.78 Å². The lowest BCUT2D eigenvalue weighted by Crippen LogP contribution is -2.31. The zero-order valence-electron chi connectivity index (χ0n) is 18.1. The van der Waals surface area contributed by atoms with E-state index < -0.39 is 29.5 Å². The van der Waals surface area contributed by atoms with Crippen molar-refractivity contribution in [2.45, 2.75) is 13.0 Å². The Morgan fingerprint density at radius 3 is 2.59 bits per heavy atom. The van der Waals surface area contributed by atoms with Gasteiger partial charge in [0, 0.05) is 0 Å². The van der Waals surface area contributed by atoms with Gasteiger partial charge in [0.15, 0.2) is 16.7 Å². The molecule has 1 atom stereocenters. The molecule has 0 unspecified atom stereocenters. The maximum Gasteiger partial charge on any atom is 0.337 e. The summed E-state index contributed by atoms with van der Waals surface area (Å²) in [4.78, 5) is 44.3. The molecule has 3 heterocycles. The van der Waals surface area contributed by atoms with Crippen LogP contribution in [0.3, 0.4) is 0 Å². The Labute approximate surface area is 197 Å². The number of carbonyl (C=O) groups excluding carboxylic acids is 3. The maximum atomic E-state index is 13.3. The summed E-state index contributed by atoms with van der Waals surface area (Å²) in [5.41, 5.74) is 2.44. The topological polar surface area (TPSA) is 110 Å². The first-order valence-corrected chi connectivity index (χ1v) is 11.1. The Kier molecular flexibility index (Phi) is 5.25. The number of ether oxygens (including phenoxy) is 1. The number of aryl methyl sites for hydroxylation is 1. The second-order valence-corrected chi connectivity index (χ2v) is 8.74. The third kappa shape index (κ3) is 3.46. The number of methoxy groups -OCH3 is 1. The minimum absolute atomic E-state index is 0.00712. The van der Waals surface area contributed by atoms with Gasteiger partial charge in [0.2, 0.25) is 5.78 Å². The van der Waals surface area contributed by atoms with Gasteiger partial charge in [-0.2, -0.15) is 0 Å². The van der Waals surface area contributed by atoms with Crippen LogP contribution in [0, 0.1) is 6.92 Å². The molecule has 1 aliphatic rings. The molecule has 0 bridgehead atoms. The predicted molar refractivity (Wildman–Crippen MR) is 125 cm³/mol. The number of esters is 1. The van der Waals surface area contributed by atoms with Crippen molar-refractivity contribution in [2.24, 2.45) is 0 Å². The molecule has 0 saturated heterocycles. The lowest BCUT2D eigenvalue weighted by atomic mass is 9.94. The number of aliphatic hydroxyl groups excluding tert-OH is 1. The van der Waals surface area contributed by atoms with Crippen LogP contribution in [0.15, 0.2) is 76.6 Å². The molecule has 8 nitrogen and oxygen atoms in total. The molecule has 1 amide bonds. The van der Waals surface area contributed by atoms with Gasteiger partial charge in [0.25, 0.3) is 5.91 Å². The number of hydrogen-bond acceptors (Lipinski definition) is 8. The van der Waals surface area contributed by atoms with Crippen LogP contribution in [0.4, 0.5) is 5.13 Å². The second kappa shape index (κ2) is 8.27. The number of hydrogen-bond donors (Lipinski definition) is 1. The molecule has 0 aliphatic carbocycles. The van der Waals surface area contributed by atoms with Crippen molar-refractivity contribution in [1.29, 1.82) is 0 Å². The van der Waals surface area contributed by atoms with Gasteiger partial charge in [-0.15, -0.1) is 0 Å². The highest BCUT2D eigenvalue weighted by Gasteiger charge is 2.46. The Morgan fingerprint density at radius 2 is 1.91 bits per heavy atom. The highest BCUT2D eigenvalue weighted by Crippen LogP contribution is 2.44. The SMILES string of the molecule is COC(=O)c1ccc([C@H]2C(C(=O)c3ccco3)=C(O)C(=O)N2c2nc3ccc(C)cc3s2)cc1. The van der Waals surface area contributed by atoms with E-state index in [0.29, 0.717) is 21.8 Å². The minimum atomic E-state index is -0.974. The molecular formula is C25H18N2O6S. The maximum absolute atomic E-state index is 13.3. The van der Waals surface area contributed by atoms with E-state index in [1.807, 2.05) is 25.1 Å². The highest BCUT2D eigenvalue weighted by atomic mass is 32.1. The molecule has 4 aromatic rings. The normalized spacial score (nSPS) is 15.9. The number of thiazole rings is 1. The fourth-order valence-electron chi connectivity index (χ4n) is 3.93. The number of furan rings is 1. The van der Waals surface area contributed by atoms with Crippen LogP contribution in [-0.2, 0) is 9.53 Å². The van der Waals surface area contributed by atoms with Crippen molar-refractivity contribution in [3.63, 3.8) is 0 Å². The molecule has 1 N–H and O–H groups in total. The number of Topliss-reactive ketones (excluding diaryl/α,β-unsaturated/α-hetero) is 1. The average Bonchev–Trinajstić information content (AvgIpc) is 3.57. The van der Waals surface area contributed by atoms with E-state index in [9.17, 15) is 19.5 Å². The fourth-order valence-corrected chi connectivity index (χ4v) is 5.02. The quantitative estimate of drug-likeness (QED) is 0.328. The van der Waals surface area contributed by atoms with Gasteiger partial charge in [0.05, 0.1) is 40.8 Å². The summed E-state index contributed by atoms with van der Waals surface area (Å²) in [7, 11) is 1.28. The van der Waals surface area contributed by atoms with E-state index in [2.05, 4.69) is 4.98 Å². The number of rotatable bonds is 5. The zero-order chi connectivity index (χ0) is 24.0. The van der Waals surface area contributed by atoms with E-state index in [0.717, 1.165) is 10.3 Å². The lowest BCUT2D eigenvalue weighted by Gasteiger charge is -2.24. The number of aliphatic hydroxyl groups is 1. The van der Waals surface area contributed by atoms with Gasteiger partial charge in [0.1, 0.15) is 0 Å². The Balaban J connectivity index is 1.66. The fraction of sp³-hybridized carbons (Fsp3) is 0.120. The Hall–Kier alpha value is -4.24. The first-order valence-electron chi connectivity index (χ1n) is 10.3.